The Hall–Kier alpha value is -2.64. The topological polar surface area (TPSA) is 85.0 Å². The molecule has 6 nitrogen and oxygen atoms in total. The van der Waals surface area contributed by atoms with E-state index in [2.05, 4.69) is 27.1 Å². The van der Waals surface area contributed by atoms with Crippen molar-refractivity contribution >= 4 is 17.2 Å². The van der Waals surface area contributed by atoms with E-state index in [1.165, 1.54) is 16.9 Å². The summed E-state index contributed by atoms with van der Waals surface area (Å²) in [5.74, 6) is 0.482. The molecule has 0 unspecified atom stereocenters. The van der Waals surface area contributed by atoms with Gasteiger partial charge in [0, 0.05) is 36.8 Å². The molecule has 2 aromatic heterocycles. The van der Waals surface area contributed by atoms with Crippen LogP contribution in [0.2, 0.25) is 0 Å². The number of nitrogens with two attached hydrogens (primary N) is 1. The van der Waals surface area contributed by atoms with Crippen molar-refractivity contribution in [2.24, 2.45) is 11.7 Å². The average molecular weight is 365 g/mol. The van der Waals surface area contributed by atoms with Crippen LogP contribution in [0.1, 0.15) is 22.0 Å². The van der Waals surface area contributed by atoms with E-state index in [0.717, 1.165) is 0 Å². The lowest BCUT2D eigenvalue weighted by Crippen LogP contribution is -2.30. The van der Waals surface area contributed by atoms with Crippen LogP contribution in [0.25, 0.3) is 10.7 Å². The fraction of sp³-hybridized carbons (Fsp3) is 0.263. The van der Waals surface area contributed by atoms with E-state index in [9.17, 15) is 4.79 Å². The average Bonchev–Trinajstić information content (AvgIpc) is 3.36. The lowest BCUT2D eigenvalue weighted by atomic mass is 9.89. The van der Waals surface area contributed by atoms with Gasteiger partial charge in [-0.25, -0.2) is 4.98 Å². The summed E-state index contributed by atoms with van der Waals surface area (Å²) < 4.78 is 0. The Kier molecular flexibility index (Phi) is 4.73. The first-order valence-electron chi connectivity index (χ1n) is 8.52. The predicted octanol–water partition coefficient (Wildman–Crippen LogP) is 2.41. The normalized spacial score (nSPS) is 19.7. The second kappa shape index (κ2) is 7.31. The minimum absolute atomic E-state index is 0.0479. The van der Waals surface area contributed by atoms with Gasteiger partial charge in [-0.05, 0) is 18.0 Å². The van der Waals surface area contributed by atoms with Gasteiger partial charge in [-0.3, -0.25) is 14.8 Å². The maximum Gasteiger partial charge on any atom is 0.273 e. The number of hydrogen-bond acceptors (Lipinski definition) is 6. The highest BCUT2D eigenvalue weighted by Crippen LogP contribution is 2.33. The first-order chi connectivity index (χ1) is 12.8. The Labute approximate surface area is 155 Å². The van der Waals surface area contributed by atoms with E-state index in [1.807, 2.05) is 23.1 Å². The molecule has 0 spiro atoms. The van der Waals surface area contributed by atoms with Crippen LogP contribution >= 0.6 is 11.3 Å². The molecule has 0 bridgehead atoms. The van der Waals surface area contributed by atoms with E-state index < -0.39 is 0 Å². The summed E-state index contributed by atoms with van der Waals surface area (Å²) in [4.78, 5) is 27.5. The van der Waals surface area contributed by atoms with Crippen LogP contribution in [0.15, 0.2) is 54.3 Å². The van der Waals surface area contributed by atoms with E-state index in [0.29, 0.717) is 36.0 Å². The minimum atomic E-state index is -0.0479. The number of carbonyl (C=O) groups excluding carboxylic acids is 1. The third-order valence-corrected chi connectivity index (χ3v) is 5.63. The fourth-order valence-electron chi connectivity index (χ4n) is 3.41. The smallest absolute Gasteiger partial charge is 0.273 e. The van der Waals surface area contributed by atoms with Crippen LogP contribution in [-0.2, 0) is 0 Å². The molecule has 26 heavy (non-hydrogen) atoms. The summed E-state index contributed by atoms with van der Waals surface area (Å²) in [6, 6.07) is 10.3. The SMILES string of the molecule is NC[C@@H]1CN(C(=O)c2csc(-c3cnccn3)n2)C[C@H]1c1ccccc1. The van der Waals surface area contributed by atoms with Gasteiger partial charge < -0.3 is 10.6 Å². The molecule has 1 saturated heterocycles. The van der Waals surface area contributed by atoms with Gasteiger partial charge in [0.15, 0.2) is 0 Å². The molecule has 4 rings (SSSR count). The van der Waals surface area contributed by atoms with Gasteiger partial charge in [-0.2, -0.15) is 0 Å². The Morgan fingerprint density at radius 3 is 2.81 bits per heavy atom. The van der Waals surface area contributed by atoms with E-state index in [1.54, 1.807) is 24.0 Å². The lowest BCUT2D eigenvalue weighted by Gasteiger charge is -2.16. The van der Waals surface area contributed by atoms with E-state index >= 15 is 0 Å². The first-order valence-corrected chi connectivity index (χ1v) is 9.40. The molecular weight excluding hydrogens is 346 g/mol. The molecule has 1 amide bonds. The standard InChI is InChI=1S/C19H19N5OS/c20-8-14-10-24(11-15(14)13-4-2-1-3-5-13)19(25)17-12-26-18(23-17)16-9-21-6-7-22-16/h1-7,9,12,14-15H,8,10-11,20H2/t14-,15+/m1/s1. The second-order valence-corrected chi connectivity index (χ2v) is 7.21. The van der Waals surface area contributed by atoms with Gasteiger partial charge in [0.05, 0.1) is 6.20 Å². The van der Waals surface area contributed by atoms with Crippen LogP contribution in [0.4, 0.5) is 0 Å². The summed E-state index contributed by atoms with van der Waals surface area (Å²) in [5.41, 5.74) is 8.35. The van der Waals surface area contributed by atoms with E-state index in [4.69, 9.17) is 5.73 Å². The van der Waals surface area contributed by atoms with Crippen molar-refractivity contribution in [3.8, 4) is 10.7 Å². The third kappa shape index (κ3) is 3.23. The van der Waals surface area contributed by atoms with Gasteiger partial charge >= 0.3 is 0 Å². The molecule has 1 fully saturated rings. The maximum absolute atomic E-state index is 12.9. The zero-order valence-corrected chi connectivity index (χ0v) is 15.0. The van der Waals surface area contributed by atoms with Crippen molar-refractivity contribution in [2.75, 3.05) is 19.6 Å². The van der Waals surface area contributed by atoms with Crippen molar-refractivity contribution < 1.29 is 4.79 Å². The number of rotatable bonds is 4. The second-order valence-electron chi connectivity index (χ2n) is 6.35. The summed E-state index contributed by atoms with van der Waals surface area (Å²) in [7, 11) is 0. The molecule has 2 atom stereocenters. The van der Waals surface area contributed by atoms with Gasteiger partial charge in [0.1, 0.15) is 16.4 Å². The minimum Gasteiger partial charge on any atom is -0.336 e. The number of aromatic nitrogens is 3. The molecular formula is C19H19N5OS. The highest BCUT2D eigenvalue weighted by Gasteiger charge is 2.36. The Bertz CT molecular complexity index is 883. The first kappa shape index (κ1) is 16.8. The number of likely N-dealkylation sites (tertiary alicyclic amines) is 1. The molecule has 0 aliphatic carbocycles. The third-order valence-electron chi connectivity index (χ3n) is 4.76. The van der Waals surface area contributed by atoms with E-state index in [-0.39, 0.29) is 17.7 Å². The van der Waals surface area contributed by atoms with Crippen LogP contribution in [0, 0.1) is 5.92 Å². The van der Waals surface area contributed by atoms with Gasteiger partial charge in [0.25, 0.3) is 5.91 Å². The molecule has 1 aliphatic heterocycles. The number of carbonyl (C=O) groups is 1. The van der Waals surface area contributed by atoms with Crippen molar-refractivity contribution in [3.05, 3.63) is 65.6 Å². The number of benzene rings is 1. The molecule has 3 heterocycles. The fourth-order valence-corrected chi connectivity index (χ4v) is 4.17. The summed E-state index contributed by atoms with van der Waals surface area (Å²) in [5, 5.41) is 2.50. The quantitative estimate of drug-likeness (QED) is 0.767. The number of thiazole rings is 1. The molecule has 7 heteroatoms. The molecule has 1 aromatic carbocycles. The summed E-state index contributed by atoms with van der Waals surface area (Å²) >= 11 is 1.41. The highest BCUT2D eigenvalue weighted by atomic mass is 32.1. The Morgan fingerprint density at radius 1 is 1.23 bits per heavy atom. The number of hydrogen-bond donors (Lipinski definition) is 1. The molecule has 2 N–H and O–H groups in total. The van der Waals surface area contributed by atoms with Crippen molar-refractivity contribution in [3.63, 3.8) is 0 Å². The van der Waals surface area contributed by atoms with Crippen molar-refractivity contribution in [1.82, 2.24) is 19.9 Å². The summed E-state index contributed by atoms with van der Waals surface area (Å²) in [6.45, 7) is 1.89. The molecule has 132 valence electrons. The molecule has 1 aliphatic rings. The Balaban J connectivity index is 1.53. The van der Waals surface area contributed by atoms with Crippen LogP contribution in [0.5, 0.6) is 0 Å². The van der Waals surface area contributed by atoms with Crippen molar-refractivity contribution in [1.29, 1.82) is 0 Å². The Morgan fingerprint density at radius 2 is 2.08 bits per heavy atom. The number of amides is 1. The highest BCUT2D eigenvalue weighted by molar-refractivity contribution is 7.13. The van der Waals surface area contributed by atoms with Gasteiger partial charge in [-0.1, -0.05) is 30.3 Å². The molecule has 0 saturated carbocycles. The zero-order chi connectivity index (χ0) is 17.9. The monoisotopic (exact) mass is 365 g/mol. The largest absolute Gasteiger partial charge is 0.336 e. The molecule has 3 aromatic rings. The predicted molar refractivity (Wildman–Crippen MR) is 101 cm³/mol. The van der Waals surface area contributed by atoms with Gasteiger partial charge in [0.2, 0.25) is 0 Å². The van der Waals surface area contributed by atoms with Crippen LogP contribution in [0.3, 0.4) is 0 Å². The zero-order valence-electron chi connectivity index (χ0n) is 14.2. The lowest BCUT2D eigenvalue weighted by molar-refractivity contribution is 0.0781. The van der Waals surface area contributed by atoms with Crippen molar-refractivity contribution in [2.45, 2.75) is 5.92 Å². The van der Waals surface area contributed by atoms with Gasteiger partial charge in [-0.15, -0.1) is 11.3 Å². The maximum atomic E-state index is 12.9. The summed E-state index contributed by atoms with van der Waals surface area (Å²) in [6.07, 6.45) is 4.89. The number of nitrogens with zero attached hydrogens (tertiary/aromatic N) is 4. The van der Waals surface area contributed by atoms with Crippen LogP contribution in [-0.4, -0.2) is 45.4 Å². The van der Waals surface area contributed by atoms with Crippen LogP contribution < -0.4 is 5.73 Å². The molecule has 0 radical (unpaired) electrons.